The maximum absolute atomic E-state index is 13.5. The van der Waals surface area contributed by atoms with E-state index in [1.54, 1.807) is 30.3 Å². The van der Waals surface area contributed by atoms with Crippen molar-refractivity contribution in [1.29, 1.82) is 0 Å². The van der Waals surface area contributed by atoms with Crippen molar-refractivity contribution in [2.75, 3.05) is 0 Å². The molecule has 0 fully saturated rings. The second-order valence-corrected chi connectivity index (χ2v) is 8.20. The number of carbonyl (C=O) groups is 2. The van der Waals surface area contributed by atoms with Crippen molar-refractivity contribution in [2.45, 2.75) is 6.18 Å². The van der Waals surface area contributed by atoms with Gasteiger partial charge in [0.1, 0.15) is 5.75 Å². The summed E-state index contributed by atoms with van der Waals surface area (Å²) in [5, 5.41) is 19.3. The van der Waals surface area contributed by atoms with Crippen LogP contribution in [0.1, 0.15) is 26.4 Å². The number of carbonyl (C=O) groups excluding carboxylic acids is 1. The van der Waals surface area contributed by atoms with E-state index >= 15 is 0 Å². The summed E-state index contributed by atoms with van der Waals surface area (Å²) in [7, 11) is 0. The number of aromatic hydroxyl groups is 1. The zero-order chi connectivity index (χ0) is 23.8. The van der Waals surface area contributed by atoms with Gasteiger partial charge in [-0.1, -0.05) is 42.5 Å². The van der Waals surface area contributed by atoms with Crippen LogP contribution in [0, 0.1) is 0 Å². The van der Waals surface area contributed by atoms with Crippen molar-refractivity contribution in [2.24, 2.45) is 0 Å². The highest BCUT2D eigenvalue weighted by Gasteiger charge is 2.36. The maximum Gasteiger partial charge on any atom is 0.417 e. The van der Waals surface area contributed by atoms with Gasteiger partial charge in [0.2, 0.25) is 5.78 Å². The Bertz CT molecular complexity index is 1400. The molecule has 0 bridgehead atoms. The normalized spacial score (nSPS) is 11.8. The fourth-order valence-electron chi connectivity index (χ4n) is 3.51. The Balaban J connectivity index is 1.90. The third-order valence-electron chi connectivity index (χ3n) is 4.97. The van der Waals surface area contributed by atoms with Gasteiger partial charge in [0.25, 0.3) is 0 Å². The average molecular weight is 468 g/mol. The van der Waals surface area contributed by atoms with Gasteiger partial charge in [-0.05, 0) is 41.5 Å². The number of phenolic OH excluding ortho intramolecular Hbond substituents is 1. The van der Waals surface area contributed by atoms with Crippen LogP contribution in [-0.4, -0.2) is 22.0 Å². The number of benzene rings is 3. The molecule has 0 aliphatic carbocycles. The van der Waals surface area contributed by atoms with Gasteiger partial charge in [-0.15, -0.1) is 11.3 Å². The lowest BCUT2D eigenvalue weighted by Gasteiger charge is -2.12. The molecule has 0 saturated heterocycles. The van der Waals surface area contributed by atoms with Crippen molar-refractivity contribution in [3.05, 3.63) is 94.4 Å². The van der Waals surface area contributed by atoms with Crippen molar-refractivity contribution >= 4 is 39.3 Å². The Morgan fingerprint density at radius 1 is 0.939 bits per heavy atom. The molecule has 0 amide bonds. The summed E-state index contributed by atoms with van der Waals surface area (Å²) in [4.78, 5) is 24.2. The predicted molar refractivity (Wildman–Crippen MR) is 120 cm³/mol. The first kappa shape index (κ1) is 22.3. The molecule has 1 heterocycles. The minimum absolute atomic E-state index is 0.0286. The second-order valence-electron chi connectivity index (χ2n) is 7.15. The Morgan fingerprint density at radius 3 is 2.30 bits per heavy atom. The zero-order valence-corrected chi connectivity index (χ0v) is 17.6. The minimum Gasteiger partial charge on any atom is -0.508 e. The minimum atomic E-state index is -4.69. The number of carboxylic acid groups (broad SMARTS) is 1. The number of thiophene rings is 1. The van der Waals surface area contributed by atoms with Crippen LogP contribution in [0.5, 0.6) is 5.75 Å². The topological polar surface area (TPSA) is 74.6 Å². The highest BCUT2D eigenvalue weighted by atomic mass is 32.1. The van der Waals surface area contributed by atoms with E-state index in [9.17, 15) is 27.9 Å². The van der Waals surface area contributed by atoms with Crippen LogP contribution in [0.25, 0.3) is 27.3 Å². The number of carboxylic acids is 1. The molecule has 0 radical (unpaired) electrons. The number of rotatable bonds is 5. The number of halogens is 3. The summed E-state index contributed by atoms with van der Waals surface area (Å²) in [6.07, 6.45) is -2.30. The van der Waals surface area contributed by atoms with E-state index < -0.39 is 29.1 Å². The van der Waals surface area contributed by atoms with Gasteiger partial charge in [0.15, 0.2) is 0 Å². The number of fused-ring (bicyclic) bond motifs is 1. The van der Waals surface area contributed by atoms with E-state index in [0.29, 0.717) is 26.8 Å². The fourth-order valence-corrected chi connectivity index (χ4v) is 4.72. The highest BCUT2D eigenvalue weighted by molar-refractivity contribution is 7.21. The summed E-state index contributed by atoms with van der Waals surface area (Å²) < 4.78 is 41.2. The van der Waals surface area contributed by atoms with E-state index in [0.717, 1.165) is 29.5 Å². The predicted octanol–water partition coefficient (Wildman–Crippen LogP) is 6.62. The average Bonchev–Trinajstić information content (AvgIpc) is 3.15. The fraction of sp³-hybridized carbons (Fsp3) is 0.0400. The number of ketones is 1. The third-order valence-corrected chi connectivity index (χ3v) is 6.13. The lowest BCUT2D eigenvalue weighted by molar-refractivity contribution is -0.138. The molecule has 8 heteroatoms. The molecule has 0 aliphatic rings. The number of hydrogen-bond donors (Lipinski definition) is 2. The standard InChI is InChI=1S/C25H15F3O4S/c26-25(27,28)19-4-2-1-3-17(19)23(32)24-22(18-11-10-16(29)13-20(18)33-24)15-8-5-14(6-9-15)7-12-21(30)31/h1-13,29H,(H,30,31)/b12-7+. The van der Waals surface area contributed by atoms with E-state index in [-0.39, 0.29) is 10.6 Å². The lowest BCUT2D eigenvalue weighted by Crippen LogP contribution is -2.13. The molecule has 2 N–H and O–H groups in total. The first-order valence-corrected chi connectivity index (χ1v) is 10.4. The van der Waals surface area contributed by atoms with E-state index in [1.165, 1.54) is 30.3 Å². The lowest BCUT2D eigenvalue weighted by atomic mass is 9.95. The Hall–Kier alpha value is -3.91. The van der Waals surface area contributed by atoms with Gasteiger partial charge < -0.3 is 10.2 Å². The van der Waals surface area contributed by atoms with Crippen molar-refractivity contribution < 1.29 is 33.0 Å². The van der Waals surface area contributed by atoms with E-state index in [1.807, 2.05) is 0 Å². The van der Waals surface area contributed by atoms with Crippen LogP contribution in [0.15, 0.2) is 72.8 Å². The molecule has 4 aromatic rings. The summed E-state index contributed by atoms with van der Waals surface area (Å²) in [5.74, 6) is -1.90. The van der Waals surface area contributed by atoms with Crippen molar-refractivity contribution in [1.82, 2.24) is 0 Å². The zero-order valence-electron chi connectivity index (χ0n) is 16.8. The molecule has 3 aromatic carbocycles. The van der Waals surface area contributed by atoms with Crippen molar-refractivity contribution in [3.8, 4) is 16.9 Å². The van der Waals surface area contributed by atoms with Crippen LogP contribution in [-0.2, 0) is 11.0 Å². The number of aliphatic carboxylic acids is 1. The molecule has 33 heavy (non-hydrogen) atoms. The molecule has 166 valence electrons. The first-order chi connectivity index (χ1) is 15.6. The summed E-state index contributed by atoms with van der Waals surface area (Å²) >= 11 is 1.00. The van der Waals surface area contributed by atoms with Gasteiger partial charge in [0.05, 0.1) is 10.4 Å². The molecular formula is C25H15F3O4S. The maximum atomic E-state index is 13.5. The third kappa shape index (κ3) is 4.51. The van der Waals surface area contributed by atoms with Crippen LogP contribution in [0.2, 0.25) is 0 Å². The van der Waals surface area contributed by atoms with E-state index in [2.05, 4.69) is 0 Å². The number of hydrogen-bond acceptors (Lipinski definition) is 4. The molecule has 0 atom stereocenters. The summed E-state index contributed by atoms with van der Waals surface area (Å²) in [6, 6.07) is 15.8. The molecule has 0 unspecified atom stereocenters. The Kier molecular flexibility index (Phi) is 5.78. The molecule has 0 spiro atoms. The first-order valence-electron chi connectivity index (χ1n) is 9.63. The van der Waals surface area contributed by atoms with Gasteiger partial charge in [-0.25, -0.2) is 4.79 Å². The molecule has 0 saturated carbocycles. The summed E-state index contributed by atoms with van der Waals surface area (Å²) in [5.41, 5.74) is 0.157. The van der Waals surface area contributed by atoms with Crippen LogP contribution in [0.3, 0.4) is 0 Å². The number of alkyl halides is 3. The quantitative estimate of drug-likeness (QED) is 0.255. The van der Waals surface area contributed by atoms with Crippen LogP contribution in [0.4, 0.5) is 13.2 Å². The largest absolute Gasteiger partial charge is 0.508 e. The Morgan fingerprint density at radius 2 is 1.64 bits per heavy atom. The van der Waals surface area contributed by atoms with Crippen LogP contribution < -0.4 is 0 Å². The molecule has 0 aliphatic heterocycles. The number of phenols is 1. The van der Waals surface area contributed by atoms with Gasteiger partial charge in [-0.3, -0.25) is 4.79 Å². The second kappa shape index (κ2) is 8.55. The molecular weight excluding hydrogens is 453 g/mol. The van der Waals surface area contributed by atoms with Crippen molar-refractivity contribution in [3.63, 3.8) is 0 Å². The van der Waals surface area contributed by atoms with Gasteiger partial charge >= 0.3 is 12.1 Å². The molecule has 1 aromatic heterocycles. The summed E-state index contributed by atoms with van der Waals surface area (Å²) in [6.45, 7) is 0. The smallest absolute Gasteiger partial charge is 0.417 e. The van der Waals surface area contributed by atoms with Crippen LogP contribution >= 0.6 is 11.3 Å². The highest BCUT2D eigenvalue weighted by Crippen LogP contribution is 2.42. The van der Waals surface area contributed by atoms with Gasteiger partial charge in [0, 0.05) is 27.3 Å². The SMILES string of the molecule is O=C(O)/C=C/c1ccc(-c2c(C(=O)c3ccccc3C(F)(F)F)sc3cc(O)ccc23)cc1. The monoisotopic (exact) mass is 468 g/mol. The molecule has 4 rings (SSSR count). The Labute approximate surface area is 189 Å². The van der Waals surface area contributed by atoms with E-state index in [4.69, 9.17) is 5.11 Å². The van der Waals surface area contributed by atoms with Gasteiger partial charge in [-0.2, -0.15) is 13.2 Å². The molecule has 4 nitrogen and oxygen atoms in total.